The van der Waals surface area contributed by atoms with Gasteiger partial charge in [0.2, 0.25) is 5.60 Å². The molecule has 1 amide bonds. The largest absolute Gasteiger partial charge is 0.463 e. The molecular weight excluding hydrogens is 568 g/mol. The van der Waals surface area contributed by atoms with E-state index in [0.29, 0.717) is 6.42 Å². The van der Waals surface area contributed by atoms with Gasteiger partial charge < -0.3 is 35.8 Å². The lowest BCUT2D eigenvalue weighted by atomic mass is 9.87. The number of benzene rings is 1. The van der Waals surface area contributed by atoms with E-state index < -0.39 is 59.8 Å². The number of aliphatic imine (C=N–C) groups is 2. The number of rotatable bonds is 10. The van der Waals surface area contributed by atoms with Crippen molar-refractivity contribution < 1.29 is 33.7 Å². The molecule has 0 saturated carbocycles. The number of aliphatic hydroxyl groups excluding tert-OH is 1. The molecule has 1 aromatic carbocycles. The van der Waals surface area contributed by atoms with Gasteiger partial charge in [0.15, 0.2) is 11.9 Å². The summed E-state index contributed by atoms with van der Waals surface area (Å²) < 4.78 is 17.1. The predicted octanol–water partition coefficient (Wildman–Crippen LogP) is 1.87. The normalized spacial score (nSPS) is 23.6. The van der Waals surface area contributed by atoms with Gasteiger partial charge in [0, 0.05) is 5.92 Å². The molecule has 6 atom stereocenters. The zero-order chi connectivity index (χ0) is 32.7. The van der Waals surface area contributed by atoms with Crippen LogP contribution in [0, 0.1) is 22.7 Å². The van der Waals surface area contributed by atoms with Crippen molar-refractivity contribution >= 4 is 30.0 Å². The minimum Gasteiger partial charge on any atom is -0.463 e. The van der Waals surface area contributed by atoms with Gasteiger partial charge in [-0.15, -0.1) is 0 Å². The molecule has 2 aromatic rings. The number of nitrogens with one attached hydrogen (secondary N) is 1. The Morgan fingerprint density at radius 3 is 2.50 bits per heavy atom. The van der Waals surface area contributed by atoms with E-state index in [1.807, 2.05) is 19.1 Å². The number of carbonyl (C=O) groups is 3. The molecular formula is C31H40N6O7. The number of aromatic amines is 1. The van der Waals surface area contributed by atoms with Crippen LogP contribution in [-0.2, 0) is 40.6 Å². The number of hydrogen-bond acceptors (Lipinski definition) is 9. The maximum atomic E-state index is 13.0. The second-order valence-corrected chi connectivity index (χ2v) is 11.7. The second kappa shape index (κ2) is 14.4. The standard InChI is InChI=1S/C31H40N6O7/c1-6-18(2)28(40)37-27(35-17-33)20-12-13-22(36-20)31(16-32)26(39)24(43-29(41)25(34)30(3,4)5)21(44-31)15-42-23(38)14-19-10-8-7-9-11-19/h7-13,17-18,21,24-26,36,39H,6,14-15,34H2,1-5H3,(H2,33,35,37,40)/t18-,21+,24+,25-,26+,31-/m0/s1. The molecule has 0 unspecified atom stereocenters. The van der Waals surface area contributed by atoms with Crippen LogP contribution in [0.3, 0.4) is 0 Å². The number of hydrogen-bond donors (Lipinski definition) is 4. The van der Waals surface area contributed by atoms with Crippen molar-refractivity contribution in [1.82, 2.24) is 4.98 Å². The van der Waals surface area contributed by atoms with Crippen LogP contribution in [0.1, 0.15) is 58.0 Å². The van der Waals surface area contributed by atoms with Crippen molar-refractivity contribution in [3.05, 3.63) is 59.4 Å². The first kappa shape index (κ1) is 34.1. The first-order chi connectivity index (χ1) is 20.8. The monoisotopic (exact) mass is 608 g/mol. The van der Waals surface area contributed by atoms with Crippen molar-refractivity contribution in [2.24, 2.45) is 32.8 Å². The van der Waals surface area contributed by atoms with Gasteiger partial charge in [-0.05, 0) is 29.5 Å². The van der Waals surface area contributed by atoms with Gasteiger partial charge in [0.1, 0.15) is 30.9 Å². The van der Waals surface area contributed by atoms with Crippen LogP contribution in [-0.4, -0.2) is 71.1 Å². The number of nitriles is 1. The third kappa shape index (κ3) is 7.76. The Bertz CT molecular complexity index is 1420. The highest BCUT2D eigenvalue weighted by Gasteiger charge is 2.59. The van der Waals surface area contributed by atoms with Crippen molar-refractivity contribution in [2.45, 2.75) is 77.4 Å². The fourth-order valence-corrected chi connectivity index (χ4v) is 4.37. The summed E-state index contributed by atoms with van der Waals surface area (Å²) in [7, 11) is 0. The summed E-state index contributed by atoms with van der Waals surface area (Å²) >= 11 is 0. The molecule has 6 N–H and O–H groups in total. The summed E-state index contributed by atoms with van der Waals surface area (Å²) in [6, 6.07) is 12.8. The molecule has 0 bridgehead atoms. The highest BCUT2D eigenvalue weighted by Crippen LogP contribution is 2.41. The number of ether oxygens (including phenoxy) is 3. The molecule has 1 fully saturated rings. The van der Waals surface area contributed by atoms with Gasteiger partial charge in [0.25, 0.3) is 5.91 Å². The van der Waals surface area contributed by atoms with Gasteiger partial charge in [-0.2, -0.15) is 10.3 Å². The molecule has 1 aliphatic rings. The SMILES string of the molecule is CC[C@H](C)C(=O)N=C(N=CN)c1ccc([C@]2(C#N)O[C@H](COC(=O)Cc3ccccc3)[C@@H](OC(=O)[C@H](N)C(C)(C)C)[C@H]2O)[nH]1. The number of carbonyl (C=O) groups excluding carboxylic acids is 3. The molecule has 0 aliphatic carbocycles. The Morgan fingerprint density at radius 2 is 1.91 bits per heavy atom. The lowest BCUT2D eigenvalue weighted by Crippen LogP contribution is -2.49. The van der Waals surface area contributed by atoms with E-state index in [4.69, 9.17) is 25.7 Å². The van der Waals surface area contributed by atoms with E-state index >= 15 is 0 Å². The highest BCUT2D eigenvalue weighted by atomic mass is 16.6. The van der Waals surface area contributed by atoms with Crippen LogP contribution >= 0.6 is 0 Å². The number of esters is 2. The summed E-state index contributed by atoms with van der Waals surface area (Å²) in [6.45, 7) is 8.38. The summed E-state index contributed by atoms with van der Waals surface area (Å²) in [5.41, 5.74) is 9.79. The highest BCUT2D eigenvalue weighted by molar-refractivity contribution is 6.07. The maximum absolute atomic E-state index is 13.0. The van der Waals surface area contributed by atoms with E-state index in [1.54, 1.807) is 52.0 Å². The number of nitrogens with two attached hydrogens (primary N) is 2. The fraction of sp³-hybridized carbons (Fsp3) is 0.484. The molecule has 0 spiro atoms. The van der Waals surface area contributed by atoms with Crippen LogP contribution in [0.5, 0.6) is 0 Å². The van der Waals surface area contributed by atoms with Gasteiger partial charge in [0.05, 0.1) is 24.1 Å². The third-order valence-electron chi connectivity index (χ3n) is 7.41. The van der Waals surface area contributed by atoms with Crippen LogP contribution < -0.4 is 11.5 Å². The Labute approximate surface area is 256 Å². The van der Waals surface area contributed by atoms with Crippen LogP contribution in [0.2, 0.25) is 0 Å². The predicted molar refractivity (Wildman–Crippen MR) is 161 cm³/mol. The van der Waals surface area contributed by atoms with Crippen molar-refractivity contribution in [3.63, 3.8) is 0 Å². The molecule has 0 radical (unpaired) electrons. The lowest BCUT2D eigenvalue weighted by molar-refractivity contribution is -0.163. The van der Waals surface area contributed by atoms with Crippen molar-refractivity contribution in [1.29, 1.82) is 5.26 Å². The Kier molecular flexibility index (Phi) is 11.2. The first-order valence-corrected chi connectivity index (χ1v) is 14.3. The van der Waals surface area contributed by atoms with Crippen LogP contribution in [0.25, 0.3) is 0 Å². The minimum absolute atomic E-state index is 0.0298. The lowest BCUT2D eigenvalue weighted by Gasteiger charge is -2.28. The van der Waals surface area contributed by atoms with Crippen LogP contribution in [0.15, 0.2) is 52.4 Å². The number of aliphatic hydroxyl groups is 1. The van der Waals surface area contributed by atoms with Crippen LogP contribution in [0.4, 0.5) is 0 Å². The Hall–Kier alpha value is -4.38. The van der Waals surface area contributed by atoms with Crippen molar-refractivity contribution in [3.8, 4) is 6.07 Å². The topological polar surface area (TPSA) is 215 Å². The minimum atomic E-state index is -2.11. The second-order valence-electron chi connectivity index (χ2n) is 11.7. The maximum Gasteiger partial charge on any atom is 0.323 e. The molecule has 13 nitrogen and oxygen atoms in total. The molecule has 13 heteroatoms. The average molecular weight is 609 g/mol. The molecule has 2 heterocycles. The van der Waals surface area contributed by atoms with Gasteiger partial charge in [-0.25, -0.2) is 4.99 Å². The molecule has 1 aromatic heterocycles. The van der Waals surface area contributed by atoms with Gasteiger partial charge in [-0.3, -0.25) is 14.4 Å². The number of H-pyrrole nitrogens is 1. The van der Waals surface area contributed by atoms with E-state index in [0.717, 1.165) is 11.9 Å². The average Bonchev–Trinajstić information content (AvgIpc) is 3.59. The summed E-state index contributed by atoms with van der Waals surface area (Å²) in [5.74, 6) is -2.25. The molecule has 44 heavy (non-hydrogen) atoms. The smallest absolute Gasteiger partial charge is 0.323 e. The molecule has 236 valence electrons. The number of nitrogens with zero attached hydrogens (tertiary/aromatic N) is 3. The Morgan fingerprint density at radius 1 is 1.23 bits per heavy atom. The van der Waals surface area contributed by atoms with E-state index in [2.05, 4.69) is 15.0 Å². The van der Waals surface area contributed by atoms with Gasteiger partial charge >= 0.3 is 11.9 Å². The summed E-state index contributed by atoms with van der Waals surface area (Å²) in [5, 5.41) is 21.9. The Balaban J connectivity index is 1.94. The van der Waals surface area contributed by atoms with E-state index in [1.165, 1.54) is 12.1 Å². The van der Waals surface area contributed by atoms with E-state index in [-0.39, 0.29) is 29.6 Å². The number of amidine groups is 1. The first-order valence-electron chi connectivity index (χ1n) is 14.3. The molecule has 3 rings (SSSR count). The summed E-state index contributed by atoms with van der Waals surface area (Å²) in [4.78, 5) is 49.1. The molecule has 1 saturated heterocycles. The van der Waals surface area contributed by atoms with E-state index in [9.17, 15) is 24.8 Å². The van der Waals surface area contributed by atoms with Gasteiger partial charge in [-0.1, -0.05) is 65.0 Å². The quantitative estimate of drug-likeness (QED) is 0.174. The number of aromatic nitrogens is 1. The van der Waals surface area contributed by atoms with Crippen molar-refractivity contribution in [2.75, 3.05) is 6.61 Å². The zero-order valence-corrected chi connectivity index (χ0v) is 25.5. The number of amides is 1. The third-order valence-corrected chi connectivity index (χ3v) is 7.41. The fourth-order valence-electron chi connectivity index (χ4n) is 4.37. The summed E-state index contributed by atoms with van der Waals surface area (Å²) in [6.07, 6.45) is -2.92. The zero-order valence-electron chi connectivity index (χ0n) is 25.5. The molecule has 1 aliphatic heterocycles.